The molecule has 0 saturated heterocycles. The molecule has 0 saturated carbocycles. The molecule has 0 radical (unpaired) electrons. The van der Waals surface area contributed by atoms with Gasteiger partial charge in [-0.05, 0) is 13.0 Å². The number of halogens is 1. The average Bonchev–Trinajstić information content (AvgIpc) is 2.18. The summed E-state index contributed by atoms with van der Waals surface area (Å²) < 4.78 is 23.1. The summed E-state index contributed by atoms with van der Waals surface area (Å²) in [6, 6.07) is 1.56. The third-order valence-electron chi connectivity index (χ3n) is 1.54. The van der Waals surface area contributed by atoms with Crippen LogP contribution in [0.5, 0.6) is 0 Å². The number of rotatable bonds is 3. The summed E-state index contributed by atoms with van der Waals surface area (Å²) in [4.78, 5) is 7.32. The van der Waals surface area contributed by atoms with E-state index < -0.39 is 15.1 Å². The Morgan fingerprint density at radius 2 is 2.00 bits per heavy atom. The van der Waals surface area contributed by atoms with Gasteiger partial charge in [-0.3, -0.25) is 0 Å². The van der Waals surface area contributed by atoms with Crippen LogP contribution in [0.15, 0.2) is 23.6 Å². The van der Waals surface area contributed by atoms with Gasteiger partial charge < -0.3 is 0 Å². The van der Waals surface area contributed by atoms with Crippen LogP contribution in [0.25, 0.3) is 0 Å². The molecule has 0 fully saturated rings. The quantitative estimate of drug-likeness (QED) is 0.561. The highest BCUT2D eigenvalue weighted by Crippen LogP contribution is 2.11. The maximum atomic E-state index is 11.6. The molecule has 1 aromatic rings. The van der Waals surface area contributed by atoms with Crippen LogP contribution in [0.2, 0.25) is 0 Å². The van der Waals surface area contributed by atoms with E-state index in [0.717, 1.165) is 0 Å². The average molecular weight is 221 g/mol. The van der Waals surface area contributed by atoms with Crippen molar-refractivity contribution in [1.29, 1.82) is 0 Å². The number of nitrogens with zero attached hydrogens (tertiary/aromatic N) is 2. The molecule has 0 amide bonds. The molecular formula is C7H9ClN2O2S. The number of sulfone groups is 1. The lowest BCUT2D eigenvalue weighted by Gasteiger charge is -2.06. The first-order valence-electron chi connectivity index (χ1n) is 3.66. The minimum absolute atomic E-state index is 0.0422. The highest BCUT2D eigenvalue weighted by atomic mass is 35.5. The summed E-state index contributed by atoms with van der Waals surface area (Å²) in [5, 5.41) is -0.820. The molecule has 1 unspecified atom stereocenters. The number of aromatic nitrogens is 2. The van der Waals surface area contributed by atoms with Gasteiger partial charge in [0.25, 0.3) is 0 Å². The van der Waals surface area contributed by atoms with Gasteiger partial charge in [-0.2, -0.15) is 0 Å². The molecule has 0 spiro atoms. The predicted octanol–water partition coefficient (Wildman–Crippen LogP) is 0.878. The standard InChI is InChI=1S/C7H9ClN2O2S/c1-6(5-8)13(11,12)7-9-3-2-4-10-7/h2-4,6H,5H2,1H3. The minimum atomic E-state index is -3.44. The van der Waals surface area contributed by atoms with Crippen molar-refractivity contribution in [1.82, 2.24) is 9.97 Å². The van der Waals surface area contributed by atoms with Crippen LogP contribution in [-0.4, -0.2) is 29.5 Å². The Morgan fingerprint density at radius 3 is 2.46 bits per heavy atom. The van der Waals surface area contributed by atoms with E-state index in [4.69, 9.17) is 11.6 Å². The summed E-state index contributed by atoms with van der Waals surface area (Å²) in [5.74, 6) is 0.0422. The van der Waals surface area contributed by atoms with E-state index in [2.05, 4.69) is 9.97 Å². The van der Waals surface area contributed by atoms with E-state index in [9.17, 15) is 8.42 Å². The molecule has 0 aliphatic heterocycles. The summed E-state index contributed by atoms with van der Waals surface area (Å²) in [5.41, 5.74) is 0. The molecule has 0 bridgehead atoms. The Morgan fingerprint density at radius 1 is 1.46 bits per heavy atom. The molecule has 1 aromatic heterocycles. The Kier molecular flexibility index (Phi) is 3.22. The van der Waals surface area contributed by atoms with Crippen molar-refractivity contribution in [3.63, 3.8) is 0 Å². The number of hydrogen-bond donors (Lipinski definition) is 0. The molecule has 0 aromatic carbocycles. The first kappa shape index (κ1) is 10.4. The third-order valence-corrected chi connectivity index (χ3v) is 4.14. The van der Waals surface area contributed by atoms with Crippen LogP contribution in [0, 0.1) is 0 Å². The second-order valence-corrected chi connectivity index (χ2v) is 5.11. The minimum Gasteiger partial charge on any atom is -0.227 e. The molecular weight excluding hydrogens is 212 g/mol. The molecule has 13 heavy (non-hydrogen) atoms. The van der Waals surface area contributed by atoms with Crippen molar-refractivity contribution >= 4 is 21.4 Å². The maximum absolute atomic E-state index is 11.6. The molecule has 4 nitrogen and oxygen atoms in total. The second-order valence-electron chi connectivity index (χ2n) is 2.54. The van der Waals surface area contributed by atoms with Crippen molar-refractivity contribution in [2.45, 2.75) is 17.3 Å². The first-order valence-corrected chi connectivity index (χ1v) is 5.74. The van der Waals surface area contributed by atoms with Crippen LogP contribution in [0.4, 0.5) is 0 Å². The van der Waals surface area contributed by atoms with E-state index >= 15 is 0 Å². The topological polar surface area (TPSA) is 59.9 Å². The zero-order chi connectivity index (χ0) is 9.90. The van der Waals surface area contributed by atoms with E-state index in [-0.39, 0.29) is 11.0 Å². The fraction of sp³-hybridized carbons (Fsp3) is 0.429. The molecule has 1 rings (SSSR count). The summed E-state index contributed by atoms with van der Waals surface area (Å²) in [6.07, 6.45) is 2.78. The highest BCUT2D eigenvalue weighted by molar-refractivity contribution is 7.91. The van der Waals surface area contributed by atoms with E-state index in [1.807, 2.05) is 0 Å². The normalized spacial score (nSPS) is 14.0. The van der Waals surface area contributed by atoms with E-state index in [0.29, 0.717) is 0 Å². The monoisotopic (exact) mass is 220 g/mol. The largest absolute Gasteiger partial charge is 0.247 e. The zero-order valence-corrected chi connectivity index (χ0v) is 8.59. The van der Waals surface area contributed by atoms with Gasteiger partial charge >= 0.3 is 0 Å². The van der Waals surface area contributed by atoms with Gasteiger partial charge in [0.1, 0.15) is 0 Å². The molecule has 0 aliphatic rings. The molecule has 1 atom stereocenters. The Labute approximate surface area is 81.9 Å². The lowest BCUT2D eigenvalue weighted by molar-refractivity contribution is 0.578. The smallest absolute Gasteiger partial charge is 0.227 e. The second kappa shape index (κ2) is 4.02. The first-order chi connectivity index (χ1) is 6.09. The summed E-state index contributed by atoms with van der Waals surface area (Å²) in [6.45, 7) is 1.53. The molecule has 6 heteroatoms. The number of hydrogen-bond acceptors (Lipinski definition) is 4. The van der Waals surface area contributed by atoms with Crippen LogP contribution in [-0.2, 0) is 9.84 Å². The lowest BCUT2D eigenvalue weighted by Crippen LogP contribution is -2.21. The number of alkyl halides is 1. The summed E-state index contributed by atoms with van der Waals surface area (Å²) >= 11 is 5.45. The van der Waals surface area contributed by atoms with Crippen LogP contribution in [0.3, 0.4) is 0 Å². The fourth-order valence-electron chi connectivity index (χ4n) is 0.695. The van der Waals surface area contributed by atoms with Gasteiger partial charge in [0, 0.05) is 18.3 Å². The Bertz CT molecular complexity index is 365. The van der Waals surface area contributed by atoms with Gasteiger partial charge in [0.15, 0.2) is 0 Å². The van der Waals surface area contributed by atoms with Gasteiger partial charge in [-0.25, -0.2) is 18.4 Å². The Balaban J connectivity index is 3.09. The van der Waals surface area contributed by atoms with Crippen LogP contribution >= 0.6 is 11.6 Å². The van der Waals surface area contributed by atoms with Crippen molar-refractivity contribution < 1.29 is 8.42 Å². The Hall–Kier alpha value is -0.680. The molecule has 72 valence electrons. The maximum Gasteiger partial charge on any atom is 0.247 e. The van der Waals surface area contributed by atoms with E-state index in [1.54, 1.807) is 6.07 Å². The van der Waals surface area contributed by atoms with Gasteiger partial charge in [-0.15, -0.1) is 11.6 Å². The predicted molar refractivity (Wildman–Crippen MR) is 49.4 cm³/mol. The van der Waals surface area contributed by atoms with Gasteiger partial charge in [0.05, 0.1) is 5.25 Å². The van der Waals surface area contributed by atoms with E-state index in [1.165, 1.54) is 19.3 Å². The van der Waals surface area contributed by atoms with Crippen molar-refractivity contribution in [3.8, 4) is 0 Å². The van der Waals surface area contributed by atoms with Crippen LogP contribution in [0.1, 0.15) is 6.92 Å². The zero-order valence-electron chi connectivity index (χ0n) is 7.01. The lowest BCUT2D eigenvalue weighted by atomic mass is 10.6. The fourth-order valence-corrected chi connectivity index (χ4v) is 2.13. The molecule has 0 aliphatic carbocycles. The van der Waals surface area contributed by atoms with Crippen molar-refractivity contribution in [2.24, 2.45) is 0 Å². The van der Waals surface area contributed by atoms with Crippen molar-refractivity contribution in [3.05, 3.63) is 18.5 Å². The molecule has 0 N–H and O–H groups in total. The third kappa shape index (κ3) is 2.16. The van der Waals surface area contributed by atoms with Crippen molar-refractivity contribution in [2.75, 3.05) is 5.88 Å². The summed E-state index contributed by atoms with van der Waals surface area (Å²) in [7, 11) is -3.44. The molecule has 1 heterocycles. The van der Waals surface area contributed by atoms with Gasteiger partial charge in [-0.1, -0.05) is 0 Å². The van der Waals surface area contributed by atoms with Crippen LogP contribution < -0.4 is 0 Å². The van der Waals surface area contributed by atoms with Gasteiger partial charge in [0.2, 0.25) is 15.0 Å². The highest BCUT2D eigenvalue weighted by Gasteiger charge is 2.24. The SMILES string of the molecule is CC(CCl)S(=O)(=O)c1ncccn1.